The summed E-state index contributed by atoms with van der Waals surface area (Å²) >= 11 is 0. The molecule has 2 rings (SSSR count). The molecule has 1 heterocycles. The fourth-order valence-electron chi connectivity index (χ4n) is 2.20. The number of hydrogen-bond acceptors (Lipinski definition) is 3. The molecule has 1 saturated heterocycles. The van der Waals surface area contributed by atoms with Crippen LogP contribution in [0, 0.1) is 0 Å². The number of nitrogens with zero attached hydrogens (tertiary/aromatic N) is 2. The lowest BCUT2D eigenvalue weighted by Crippen LogP contribution is -2.47. The van der Waals surface area contributed by atoms with Gasteiger partial charge in [0.25, 0.3) is 0 Å². The fraction of sp³-hybridized carbons (Fsp3) is 0.909. The molecule has 1 unspecified atom stereocenters. The summed E-state index contributed by atoms with van der Waals surface area (Å²) in [6.07, 6.45) is 4.59. The average molecular weight is 248 g/mol. The Morgan fingerprint density at radius 3 is 2.69 bits per heavy atom. The van der Waals surface area contributed by atoms with Crippen LogP contribution in [-0.4, -0.2) is 54.5 Å². The van der Waals surface area contributed by atoms with E-state index in [1.807, 2.05) is 11.9 Å². The van der Waals surface area contributed by atoms with E-state index in [-0.39, 0.29) is 24.4 Å². The van der Waals surface area contributed by atoms with Crippen molar-refractivity contribution in [2.75, 3.05) is 26.7 Å². The first kappa shape index (κ1) is 13.7. The summed E-state index contributed by atoms with van der Waals surface area (Å²) in [5.74, 6) is 0.256. The summed E-state index contributed by atoms with van der Waals surface area (Å²) in [6.45, 7) is 2.46. The molecule has 1 aliphatic carbocycles. The Hall–Kier alpha value is -0.320. The second-order valence-corrected chi connectivity index (χ2v) is 4.87. The van der Waals surface area contributed by atoms with Crippen LogP contribution in [0.25, 0.3) is 0 Å². The van der Waals surface area contributed by atoms with Gasteiger partial charge in [-0.2, -0.15) is 0 Å². The molecule has 1 atom stereocenters. The van der Waals surface area contributed by atoms with Crippen molar-refractivity contribution < 1.29 is 4.79 Å². The molecule has 16 heavy (non-hydrogen) atoms. The number of carbonyl (C=O) groups excluding carboxylic acids is 1. The quantitative estimate of drug-likeness (QED) is 0.788. The third-order valence-corrected chi connectivity index (χ3v) is 3.39. The monoisotopic (exact) mass is 247 g/mol. The maximum atomic E-state index is 11.8. The summed E-state index contributed by atoms with van der Waals surface area (Å²) in [7, 11) is 1.92. The summed E-state index contributed by atoms with van der Waals surface area (Å²) in [5, 5.41) is 0. The third kappa shape index (κ3) is 3.61. The van der Waals surface area contributed by atoms with Gasteiger partial charge in [-0.05, 0) is 32.2 Å². The van der Waals surface area contributed by atoms with Crippen molar-refractivity contribution in [1.82, 2.24) is 9.80 Å². The van der Waals surface area contributed by atoms with Crippen LogP contribution in [-0.2, 0) is 4.79 Å². The first-order chi connectivity index (χ1) is 7.16. The molecule has 94 valence electrons. The fourth-order valence-corrected chi connectivity index (χ4v) is 2.20. The van der Waals surface area contributed by atoms with Gasteiger partial charge < -0.3 is 10.6 Å². The normalized spacial score (nSPS) is 26.0. The Labute approximate surface area is 104 Å². The van der Waals surface area contributed by atoms with Crippen molar-refractivity contribution in [1.29, 1.82) is 0 Å². The van der Waals surface area contributed by atoms with Crippen molar-refractivity contribution in [3.8, 4) is 0 Å². The molecule has 1 aliphatic heterocycles. The van der Waals surface area contributed by atoms with Crippen LogP contribution in [0.3, 0.4) is 0 Å². The van der Waals surface area contributed by atoms with Gasteiger partial charge in [0.1, 0.15) is 0 Å². The average Bonchev–Trinajstić information content (AvgIpc) is 2.99. The van der Waals surface area contributed by atoms with E-state index in [4.69, 9.17) is 5.73 Å². The molecule has 0 radical (unpaired) electrons. The Balaban J connectivity index is 0.00000128. The molecule has 0 aromatic carbocycles. The number of likely N-dealkylation sites (N-methyl/N-ethyl adjacent to an activating group) is 1. The number of piperidine rings is 1. The predicted octanol–water partition coefficient (Wildman–Crippen LogP) is 0.452. The SMILES string of the molecule is CN(C(=O)CN1CCCC(N)C1)C1CC1.Cl. The zero-order valence-corrected chi connectivity index (χ0v) is 10.7. The van der Waals surface area contributed by atoms with Gasteiger partial charge in [0, 0.05) is 25.7 Å². The number of carbonyl (C=O) groups is 1. The molecule has 0 aromatic rings. The second-order valence-electron chi connectivity index (χ2n) is 4.87. The van der Waals surface area contributed by atoms with Gasteiger partial charge in [-0.25, -0.2) is 0 Å². The number of amides is 1. The molecule has 4 nitrogen and oxygen atoms in total. The zero-order valence-electron chi connectivity index (χ0n) is 9.89. The van der Waals surface area contributed by atoms with Crippen LogP contribution in [0.4, 0.5) is 0 Å². The Morgan fingerprint density at radius 1 is 1.44 bits per heavy atom. The van der Waals surface area contributed by atoms with E-state index in [9.17, 15) is 4.79 Å². The predicted molar refractivity (Wildman–Crippen MR) is 66.7 cm³/mol. The number of halogens is 1. The standard InChI is InChI=1S/C11H21N3O.ClH/c1-13(10-4-5-10)11(15)8-14-6-2-3-9(12)7-14;/h9-10H,2-8,12H2,1H3;1H. The number of rotatable bonds is 3. The Bertz CT molecular complexity index is 245. The lowest BCUT2D eigenvalue weighted by Gasteiger charge is -2.31. The van der Waals surface area contributed by atoms with Crippen molar-refractivity contribution in [3.05, 3.63) is 0 Å². The van der Waals surface area contributed by atoms with E-state index in [2.05, 4.69) is 4.90 Å². The minimum absolute atomic E-state index is 0. The van der Waals surface area contributed by atoms with E-state index in [1.54, 1.807) is 0 Å². The molecule has 2 aliphatic rings. The molecule has 0 aromatic heterocycles. The zero-order chi connectivity index (χ0) is 10.8. The van der Waals surface area contributed by atoms with E-state index in [1.165, 1.54) is 12.8 Å². The molecule has 5 heteroatoms. The van der Waals surface area contributed by atoms with Crippen LogP contribution in [0.2, 0.25) is 0 Å². The van der Waals surface area contributed by atoms with Crippen LogP contribution >= 0.6 is 12.4 Å². The number of hydrogen-bond donors (Lipinski definition) is 1. The maximum Gasteiger partial charge on any atom is 0.236 e. The summed E-state index contributed by atoms with van der Waals surface area (Å²) in [5.41, 5.74) is 5.88. The van der Waals surface area contributed by atoms with Gasteiger partial charge in [0.05, 0.1) is 6.54 Å². The largest absolute Gasteiger partial charge is 0.342 e. The minimum Gasteiger partial charge on any atom is -0.342 e. The highest BCUT2D eigenvalue weighted by atomic mass is 35.5. The highest BCUT2D eigenvalue weighted by molar-refractivity contribution is 5.85. The van der Waals surface area contributed by atoms with Crippen molar-refractivity contribution >= 4 is 18.3 Å². The highest BCUT2D eigenvalue weighted by Crippen LogP contribution is 2.25. The van der Waals surface area contributed by atoms with E-state index >= 15 is 0 Å². The van der Waals surface area contributed by atoms with Gasteiger partial charge >= 0.3 is 0 Å². The van der Waals surface area contributed by atoms with Crippen LogP contribution in [0.5, 0.6) is 0 Å². The Kier molecular flexibility index (Phi) is 5.02. The number of likely N-dealkylation sites (tertiary alicyclic amines) is 1. The number of nitrogens with two attached hydrogens (primary N) is 1. The lowest BCUT2D eigenvalue weighted by atomic mass is 10.1. The van der Waals surface area contributed by atoms with E-state index in [0.717, 1.165) is 25.9 Å². The second kappa shape index (κ2) is 5.84. The van der Waals surface area contributed by atoms with Gasteiger partial charge in [0.2, 0.25) is 5.91 Å². The Morgan fingerprint density at radius 2 is 2.12 bits per heavy atom. The van der Waals surface area contributed by atoms with Crippen molar-refractivity contribution in [2.24, 2.45) is 5.73 Å². The van der Waals surface area contributed by atoms with E-state index < -0.39 is 0 Å². The molecule has 2 N–H and O–H groups in total. The van der Waals surface area contributed by atoms with Gasteiger partial charge in [-0.3, -0.25) is 9.69 Å². The van der Waals surface area contributed by atoms with E-state index in [0.29, 0.717) is 12.6 Å². The summed E-state index contributed by atoms with van der Waals surface area (Å²) in [6, 6.07) is 0.786. The summed E-state index contributed by atoms with van der Waals surface area (Å²) in [4.78, 5) is 15.9. The highest BCUT2D eigenvalue weighted by Gasteiger charge is 2.30. The first-order valence-corrected chi connectivity index (χ1v) is 5.90. The first-order valence-electron chi connectivity index (χ1n) is 5.90. The lowest BCUT2D eigenvalue weighted by molar-refractivity contribution is -0.131. The molecule has 1 saturated carbocycles. The van der Waals surface area contributed by atoms with Gasteiger partial charge in [-0.15, -0.1) is 12.4 Å². The van der Waals surface area contributed by atoms with Gasteiger partial charge in [-0.1, -0.05) is 0 Å². The molecule has 0 bridgehead atoms. The van der Waals surface area contributed by atoms with Crippen LogP contribution < -0.4 is 5.73 Å². The molecule has 1 amide bonds. The molecular weight excluding hydrogens is 226 g/mol. The van der Waals surface area contributed by atoms with Crippen LogP contribution in [0.1, 0.15) is 25.7 Å². The minimum atomic E-state index is 0. The van der Waals surface area contributed by atoms with Crippen molar-refractivity contribution in [2.45, 2.75) is 37.8 Å². The van der Waals surface area contributed by atoms with Gasteiger partial charge in [0.15, 0.2) is 0 Å². The molecule has 2 fully saturated rings. The molecule has 0 spiro atoms. The topological polar surface area (TPSA) is 49.6 Å². The summed E-state index contributed by atoms with van der Waals surface area (Å²) < 4.78 is 0. The van der Waals surface area contributed by atoms with Crippen LogP contribution in [0.15, 0.2) is 0 Å². The molecular formula is C11H22ClN3O. The van der Waals surface area contributed by atoms with Crippen molar-refractivity contribution in [3.63, 3.8) is 0 Å². The smallest absolute Gasteiger partial charge is 0.236 e. The maximum absolute atomic E-state index is 11.8. The third-order valence-electron chi connectivity index (χ3n) is 3.39.